The fraction of sp³-hybridized carbons (Fsp3) is 0.500. The molecule has 0 aromatic heterocycles. The first kappa shape index (κ1) is 14.6. The van der Waals surface area contributed by atoms with Crippen LogP contribution in [0.1, 0.15) is 20.3 Å². The molecule has 3 nitrogen and oxygen atoms in total. The highest BCUT2D eigenvalue weighted by Gasteiger charge is 2.27. The molecule has 0 radical (unpaired) electrons. The molecule has 2 rings (SSSR count). The number of rotatable bonds is 3. The molecule has 5 heteroatoms. The van der Waals surface area contributed by atoms with E-state index in [1.54, 1.807) is 0 Å². The largest absolute Gasteiger partial charge is 0.356 e. The van der Waals surface area contributed by atoms with Gasteiger partial charge < -0.3 is 15.0 Å². The van der Waals surface area contributed by atoms with Gasteiger partial charge in [0, 0.05) is 17.3 Å². The van der Waals surface area contributed by atoms with Crippen LogP contribution >= 0.6 is 23.8 Å². The summed E-state index contributed by atoms with van der Waals surface area (Å²) < 4.78 is 5.73. The smallest absolute Gasteiger partial charge is 0.175 e. The molecule has 1 saturated heterocycles. The number of thiocarbonyl (C=S) groups is 1. The Balaban J connectivity index is 1.99. The molecule has 104 valence electrons. The third kappa shape index (κ3) is 4.06. The first-order valence-corrected chi connectivity index (χ1v) is 7.29. The summed E-state index contributed by atoms with van der Waals surface area (Å²) in [5.41, 5.74) is 0.910. The van der Waals surface area contributed by atoms with Crippen LogP contribution < -0.4 is 5.32 Å². The maximum Gasteiger partial charge on any atom is 0.175 e. The van der Waals surface area contributed by atoms with Crippen molar-refractivity contribution in [2.24, 2.45) is 5.92 Å². The third-order valence-corrected chi connectivity index (χ3v) is 3.57. The van der Waals surface area contributed by atoms with Gasteiger partial charge in [-0.25, -0.2) is 0 Å². The first-order chi connectivity index (χ1) is 9.06. The van der Waals surface area contributed by atoms with E-state index in [1.165, 1.54) is 0 Å². The van der Waals surface area contributed by atoms with Gasteiger partial charge in [0.15, 0.2) is 5.11 Å². The molecular formula is C14H19ClN2OS. The van der Waals surface area contributed by atoms with Crippen LogP contribution in [-0.2, 0) is 4.74 Å². The van der Waals surface area contributed by atoms with Gasteiger partial charge in [0.1, 0.15) is 6.23 Å². The summed E-state index contributed by atoms with van der Waals surface area (Å²) in [6.45, 7) is 5.94. The van der Waals surface area contributed by atoms with Crippen LogP contribution in [0.2, 0.25) is 5.02 Å². The molecule has 1 N–H and O–H groups in total. The highest BCUT2D eigenvalue weighted by atomic mass is 35.5. The van der Waals surface area contributed by atoms with Crippen LogP contribution in [0.3, 0.4) is 0 Å². The van der Waals surface area contributed by atoms with E-state index in [9.17, 15) is 0 Å². The molecule has 19 heavy (non-hydrogen) atoms. The number of halogens is 1. The van der Waals surface area contributed by atoms with Crippen molar-refractivity contribution in [2.45, 2.75) is 26.5 Å². The van der Waals surface area contributed by atoms with E-state index < -0.39 is 0 Å². The van der Waals surface area contributed by atoms with Crippen molar-refractivity contribution in [3.05, 3.63) is 29.3 Å². The molecular weight excluding hydrogens is 280 g/mol. The zero-order chi connectivity index (χ0) is 13.8. The minimum atomic E-state index is 0.0826. The molecule has 1 heterocycles. The quantitative estimate of drug-likeness (QED) is 0.859. The van der Waals surface area contributed by atoms with E-state index in [0.29, 0.717) is 16.1 Å². The first-order valence-electron chi connectivity index (χ1n) is 6.51. The minimum absolute atomic E-state index is 0.0826. The van der Waals surface area contributed by atoms with Crippen LogP contribution in [0.15, 0.2) is 24.3 Å². The second kappa shape index (κ2) is 6.55. The van der Waals surface area contributed by atoms with Crippen molar-refractivity contribution >= 4 is 34.6 Å². The Kier molecular flexibility index (Phi) is 5.02. The predicted octanol–water partition coefficient (Wildman–Crippen LogP) is 3.74. The molecule has 0 saturated carbocycles. The van der Waals surface area contributed by atoms with Gasteiger partial charge in [-0.15, -0.1) is 0 Å². The number of ether oxygens (including phenoxy) is 1. The number of nitrogens with one attached hydrogen (secondary N) is 1. The van der Waals surface area contributed by atoms with Crippen LogP contribution in [0.5, 0.6) is 0 Å². The fourth-order valence-corrected chi connectivity index (χ4v) is 2.63. The Morgan fingerprint density at radius 3 is 3.05 bits per heavy atom. The molecule has 1 aromatic rings. The van der Waals surface area contributed by atoms with Crippen LogP contribution in [-0.4, -0.2) is 29.4 Å². The lowest BCUT2D eigenvalue weighted by Crippen LogP contribution is -2.39. The topological polar surface area (TPSA) is 24.5 Å². The van der Waals surface area contributed by atoms with E-state index >= 15 is 0 Å². The van der Waals surface area contributed by atoms with Gasteiger partial charge in [-0.3, -0.25) is 0 Å². The van der Waals surface area contributed by atoms with Gasteiger partial charge in [0.25, 0.3) is 0 Å². The second-order valence-corrected chi connectivity index (χ2v) is 5.91. The van der Waals surface area contributed by atoms with Crippen molar-refractivity contribution in [1.29, 1.82) is 0 Å². The van der Waals surface area contributed by atoms with Crippen molar-refractivity contribution < 1.29 is 4.74 Å². The molecule has 1 fully saturated rings. The number of anilines is 1. The fourth-order valence-electron chi connectivity index (χ4n) is 2.11. The lowest BCUT2D eigenvalue weighted by Gasteiger charge is -2.27. The Labute approximate surface area is 124 Å². The summed E-state index contributed by atoms with van der Waals surface area (Å²) in [4.78, 5) is 2.11. The Morgan fingerprint density at radius 2 is 2.37 bits per heavy atom. The lowest BCUT2D eigenvalue weighted by molar-refractivity contribution is 0.0473. The zero-order valence-corrected chi connectivity index (χ0v) is 12.8. The van der Waals surface area contributed by atoms with Crippen molar-refractivity contribution in [2.75, 3.05) is 18.5 Å². The predicted molar refractivity (Wildman–Crippen MR) is 83.6 cm³/mol. The lowest BCUT2D eigenvalue weighted by atomic mass is 10.1. The zero-order valence-electron chi connectivity index (χ0n) is 11.2. The van der Waals surface area contributed by atoms with Crippen molar-refractivity contribution in [3.8, 4) is 0 Å². The molecule has 0 aliphatic carbocycles. The average molecular weight is 299 g/mol. The maximum atomic E-state index is 5.96. The summed E-state index contributed by atoms with van der Waals surface area (Å²) in [5.74, 6) is 0.583. The summed E-state index contributed by atoms with van der Waals surface area (Å²) in [5, 5.41) is 4.62. The summed E-state index contributed by atoms with van der Waals surface area (Å²) in [6.07, 6.45) is 1.07. The molecule has 1 aliphatic rings. The Morgan fingerprint density at radius 1 is 1.58 bits per heavy atom. The van der Waals surface area contributed by atoms with E-state index in [0.717, 1.165) is 25.3 Å². The number of hydrogen-bond donors (Lipinski definition) is 1. The van der Waals surface area contributed by atoms with E-state index in [2.05, 4.69) is 24.1 Å². The van der Waals surface area contributed by atoms with Crippen LogP contribution in [0.25, 0.3) is 0 Å². The normalized spacial score (nSPS) is 18.9. The molecule has 1 unspecified atom stereocenters. The van der Waals surface area contributed by atoms with Gasteiger partial charge in [0.05, 0.1) is 6.61 Å². The average Bonchev–Trinajstić information content (AvgIpc) is 2.76. The Hall–Kier alpha value is -0.840. The molecule has 1 atom stereocenters. The second-order valence-electron chi connectivity index (χ2n) is 5.09. The van der Waals surface area contributed by atoms with Gasteiger partial charge in [-0.1, -0.05) is 31.5 Å². The summed E-state index contributed by atoms with van der Waals surface area (Å²) in [7, 11) is 0. The SMILES string of the molecule is CC(C)CC1OCCN1C(=S)Nc1cccc(Cl)c1. The molecule has 0 bridgehead atoms. The molecule has 1 aliphatic heterocycles. The van der Waals surface area contributed by atoms with Gasteiger partial charge >= 0.3 is 0 Å². The molecule has 1 aromatic carbocycles. The third-order valence-electron chi connectivity index (χ3n) is 3.00. The van der Waals surface area contributed by atoms with Crippen molar-refractivity contribution in [3.63, 3.8) is 0 Å². The number of hydrogen-bond acceptors (Lipinski definition) is 2. The van der Waals surface area contributed by atoms with Gasteiger partial charge in [-0.2, -0.15) is 0 Å². The Bertz CT molecular complexity index is 453. The standard InChI is InChI=1S/C14H19ClN2OS/c1-10(2)8-13-17(6-7-18-13)14(19)16-12-5-3-4-11(15)9-12/h3-5,9-10,13H,6-8H2,1-2H3,(H,16,19). The monoisotopic (exact) mass is 298 g/mol. The maximum absolute atomic E-state index is 5.96. The minimum Gasteiger partial charge on any atom is -0.356 e. The van der Waals surface area contributed by atoms with E-state index in [1.807, 2.05) is 24.3 Å². The van der Waals surface area contributed by atoms with Crippen molar-refractivity contribution in [1.82, 2.24) is 4.90 Å². The highest BCUT2D eigenvalue weighted by molar-refractivity contribution is 7.80. The summed E-state index contributed by atoms with van der Waals surface area (Å²) >= 11 is 11.4. The highest BCUT2D eigenvalue weighted by Crippen LogP contribution is 2.21. The molecule has 0 spiro atoms. The summed E-state index contributed by atoms with van der Waals surface area (Å²) in [6, 6.07) is 7.56. The van der Waals surface area contributed by atoms with E-state index in [-0.39, 0.29) is 6.23 Å². The molecule has 0 amide bonds. The van der Waals surface area contributed by atoms with Crippen LogP contribution in [0.4, 0.5) is 5.69 Å². The van der Waals surface area contributed by atoms with Gasteiger partial charge in [-0.05, 0) is 42.8 Å². The van der Waals surface area contributed by atoms with E-state index in [4.69, 9.17) is 28.6 Å². The number of nitrogens with zero attached hydrogens (tertiary/aromatic N) is 1. The van der Waals surface area contributed by atoms with Crippen LogP contribution in [0, 0.1) is 5.92 Å². The van der Waals surface area contributed by atoms with Gasteiger partial charge in [0.2, 0.25) is 0 Å². The number of benzene rings is 1.